The van der Waals surface area contributed by atoms with E-state index in [4.69, 9.17) is 0 Å². The van der Waals surface area contributed by atoms with Gasteiger partial charge in [0, 0.05) is 5.92 Å². The molecule has 0 amide bonds. The molecule has 14 heavy (non-hydrogen) atoms. The van der Waals surface area contributed by atoms with Gasteiger partial charge in [-0.15, -0.1) is 0 Å². The van der Waals surface area contributed by atoms with Crippen molar-refractivity contribution in [3.05, 3.63) is 47.5 Å². The molecule has 0 saturated carbocycles. The Morgan fingerprint density at radius 3 is 3.00 bits per heavy atom. The number of fused-ring (bicyclic) bond motifs is 1. The Morgan fingerprint density at radius 1 is 1.29 bits per heavy atom. The minimum atomic E-state index is 0.680. The maximum absolute atomic E-state index is 2.39. The maximum atomic E-state index is 2.39. The van der Waals surface area contributed by atoms with E-state index in [1.807, 2.05) is 0 Å². The molecule has 0 saturated heterocycles. The van der Waals surface area contributed by atoms with E-state index in [0.29, 0.717) is 5.92 Å². The molecule has 0 bridgehead atoms. The summed E-state index contributed by atoms with van der Waals surface area (Å²) in [6.07, 6.45) is 9.78. The van der Waals surface area contributed by atoms with E-state index in [-0.39, 0.29) is 0 Å². The molecule has 1 aliphatic rings. The van der Waals surface area contributed by atoms with Crippen LogP contribution in [0.25, 0.3) is 0 Å². The van der Waals surface area contributed by atoms with Crippen molar-refractivity contribution in [1.82, 2.24) is 0 Å². The molecule has 1 unspecified atom stereocenters. The summed E-state index contributed by atoms with van der Waals surface area (Å²) in [6, 6.07) is 8.86. The molecule has 0 fully saturated rings. The fourth-order valence-corrected chi connectivity index (χ4v) is 2.22. The summed E-state index contributed by atoms with van der Waals surface area (Å²) >= 11 is 0. The van der Waals surface area contributed by atoms with Gasteiger partial charge in [-0.25, -0.2) is 0 Å². The second kappa shape index (κ2) is 4.45. The molecule has 0 heterocycles. The topological polar surface area (TPSA) is 0 Å². The van der Waals surface area contributed by atoms with Crippen molar-refractivity contribution in [1.29, 1.82) is 0 Å². The zero-order chi connectivity index (χ0) is 9.80. The van der Waals surface area contributed by atoms with Crippen LogP contribution in [0.2, 0.25) is 0 Å². The quantitative estimate of drug-likeness (QED) is 0.624. The van der Waals surface area contributed by atoms with Crippen molar-refractivity contribution < 1.29 is 0 Å². The van der Waals surface area contributed by atoms with Crippen molar-refractivity contribution in [2.75, 3.05) is 0 Å². The average Bonchev–Trinajstić information content (AvgIpc) is 2.26. The van der Waals surface area contributed by atoms with Crippen LogP contribution in [-0.2, 0) is 6.42 Å². The average molecular weight is 186 g/mol. The van der Waals surface area contributed by atoms with Crippen LogP contribution in [-0.4, -0.2) is 0 Å². The predicted molar refractivity (Wildman–Crippen MR) is 61.6 cm³/mol. The standard InChI is InChI=1S/C14H18/c1-2-3-7-12-9-6-10-13-8-4-5-11-14(12)13/h4-6,8-9,11-12H,2-3,7,10H2,1H3. The summed E-state index contributed by atoms with van der Waals surface area (Å²) in [4.78, 5) is 0. The predicted octanol–water partition coefficient (Wildman–Crippen LogP) is 4.07. The van der Waals surface area contributed by atoms with Gasteiger partial charge in [-0.05, 0) is 24.0 Å². The Morgan fingerprint density at radius 2 is 2.14 bits per heavy atom. The second-order valence-corrected chi connectivity index (χ2v) is 4.08. The van der Waals surface area contributed by atoms with Gasteiger partial charge < -0.3 is 0 Å². The number of rotatable bonds is 3. The highest BCUT2D eigenvalue weighted by Crippen LogP contribution is 2.30. The number of benzene rings is 1. The molecule has 1 aliphatic carbocycles. The molecular weight excluding hydrogens is 168 g/mol. The molecule has 0 spiro atoms. The highest BCUT2D eigenvalue weighted by Gasteiger charge is 2.14. The third-order valence-corrected chi connectivity index (χ3v) is 3.03. The van der Waals surface area contributed by atoms with Crippen LogP contribution in [0.15, 0.2) is 36.4 Å². The third-order valence-electron chi connectivity index (χ3n) is 3.03. The molecule has 0 aromatic heterocycles. The van der Waals surface area contributed by atoms with Crippen LogP contribution < -0.4 is 0 Å². The van der Waals surface area contributed by atoms with Crippen LogP contribution in [0.4, 0.5) is 0 Å². The Kier molecular flexibility index (Phi) is 3.03. The molecule has 0 N–H and O–H groups in total. The number of allylic oxidation sites excluding steroid dienone is 2. The molecule has 0 radical (unpaired) electrons. The SMILES string of the molecule is CCCCC1C=CCc2ccccc21. The summed E-state index contributed by atoms with van der Waals surface area (Å²) in [6.45, 7) is 2.26. The Labute approximate surface area is 86.7 Å². The minimum Gasteiger partial charge on any atom is -0.0835 e. The fourth-order valence-electron chi connectivity index (χ4n) is 2.22. The lowest BCUT2D eigenvalue weighted by Crippen LogP contribution is -2.04. The van der Waals surface area contributed by atoms with E-state index in [2.05, 4.69) is 43.3 Å². The zero-order valence-electron chi connectivity index (χ0n) is 8.87. The summed E-state index contributed by atoms with van der Waals surface area (Å²) in [5.41, 5.74) is 3.08. The molecule has 0 aliphatic heterocycles. The molecule has 1 atom stereocenters. The van der Waals surface area contributed by atoms with E-state index in [1.54, 1.807) is 5.56 Å². The van der Waals surface area contributed by atoms with Crippen molar-refractivity contribution in [3.63, 3.8) is 0 Å². The van der Waals surface area contributed by atoms with Gasteiger partial charge in [0.2, 0.25) is 0 Å². The normalized spacial score (nSPS) is 19.4. The lowest BCUT2D eigenvalue weighted by molar-refractivity contribution is 0.653. The minimum absolute atomic E-state index is 0.680. The Hall–Kier alpha value is -1.04. The number of unbranched alkanes of at least 4 members (excludes halogenated alkanes) is 1. The highest BCUT2D eigenvalue weighted by molar-refractivity contribution is 5.37. The van der Waals surface area contributed by atoms with Crippen LogP contribution in [0.1, 0.15) is 43.2 Å². The van der Waals surface area contributed by atoms with E-state index < -0.39 is 0 Å². The van der Waals surface area contributed by atoms with E-state index >= 15 is 0 Å². The summed E-state index contributed by atoms with van der Waals surface area (Å²) < 4.78 is 0. The van der Waals surface area contributed by atoms with E-state index in [0.717, 1.165) is 6.42 Å². The van der Waals surface area contributed by atoms with E-state index in [1.165, 1.54) is 24.8 Å². The number of hydrogen-bond donors (Lipinski definition) is 0. The first kappa shape index (κ1) is 9.51. The van der Waals surface area contributed by atoms with Crippen molar-refractivity contribution in [3.8, 4) is 0 Å². The molecule has 0 heteroatoms. The van der Waals surface area contributed by atoms with Gasteiger partial charge in [0.25, 0.3) is 0 Å². The Balaban J connectivity index is 2.18. The van der Waals surface area contributed by atoms with Gasteiger partial charge in [-0.3, -0.25) is 0 Å². The summed E-state index contributed by atoms with van der Waals surface area (Å²) in [5.74, 6) is 0.680. The van der Waals surface area contributed by atoms with Gasteiger partial charge in [0.15, 0.2) is 0 Å². The Bertz CT molecular complexity index is 323. The first-order valence-corrected chi connectivity index (χ1v) is 5.66. The third kappa shape index (κ3) is 1.89. The van der Waals surface area contributed by atoms with Gasteiger partial charge >= 0.3 is 0 Å². The lowest BCUT2D eigenvalue weighted by atomic mass is 9.85. The van der Waals surface area contributed by atoms with Gasteiger partial charge in [-0.1, -0.05) is 56.2 Å². The van der Waals surface area contributed by atoms with Crippen molar-refractivity contribution in [2.45, 2.75) is 38.5 Å². The number of hydrogen-bond acceptors (Lipinski definition) is 0. The smallest absolute Gasteiger partial charge is 0.00209 e. The van der Waals surface area contributed by atoms with Gasteiger partial charge in [0.05, 0.1) is 0 Å². The van der Waals surface area contributed by atoms with Crippen LogP contribution >= 0.6 is 0 Å². The summed E-state index contributed by atoms with van der Waals surface area (Å²) in [7, 11) is 0. The second-order valence-electron chi connectivity index (χ2n) is 4.08. The van der Waals surface area contributed by atoms with Crippen LogP contribution in [0.5, 0.6) is 0 Å². The summed E-state index contributed by atoms with van der Waals surface area (Å²) in [5, 5.41) is 0. The molecule has 74 valence electrons. The molecule has 0 nitrogen and oxygen atoms in total. The molecular formula is C14H18. The molecule has 2 rings (SSSR count). The van der Waals surface area contributed by atoms with Crippen LogP contribution in [0.3, 0.4) is 0 Å². The first-order chi connectivity index (χ1) is 6.92. The lowest BCUT2D eigenvalue weighted by Gasteiger charge is -2.20. The monoisotopic (exact) mass is 186 g/mol. The highest BCUT2D eigenvalue weighted by atomic mass is 14.2. The van der Waals surface area contributed by atoms with Crippen LogP contribution in [0, 0.1) is 0 Å². The molecule has 1 aromatic rings. The zero-order valence-corrected chi connectivity index (χ0v) is 8.87. The van der Waals surface area contributed by atoms with Gasteiger partial charge in [-0.2, -0.15) is 0 Å². The fraction of sp³-hybridized carbons (Fsp3) is 0.429. The first-order valence-electron chi connectivity index (χ1n) is 5.66. The van der Waals surface area contributed by atoms with Crippen molar-refractivity contribution >= 4 is 0 Å². The molecule has 1 aromatic carbocycles. The van der Waals surface area contributed by atoms with Crippen molar-refractivity contribution in [2.24, 2.45) is 0 Å². The largest absolute Gasteiger partial charge is 0.0835 e. The van der Waals surface area contributed by atoms with Gasteiger partial charge in [0.1, 0.15) is 0 Å². The van der Waals surface area contributed by atoms with E-state index in [9.17, 15) is 0 Å². The maximum Gasteiger partial charge on any atom is 0.00209 e.